The maximum absolute atomic E-state index is 13.3. The number of non-ortho nitro benzene ring substituents is 1. The highest BCUT2D eigenvalue weighted by atomic mass is 32.2. The molecule has 29 heavy (non-hydrogen) atoms. The van der Waals surface area contributed by atoms with Crippen LogP contribution in [0.4, 0.5) is 5.69 Å². The van der Waals surface area contributed by atoms with Gasteiger partial charge in [-0.2, -0.15) is 0 Å². The molecule has 1 fully saturated rings. The minimum Gasteiger partial charge on any atom is -0.468 e. The Morgan fingerprint density at radius 3 is 2.41 bits per heavy atom. The van der Waals surface area contributed by atoms with E-state index >= 15 is 0 Å². The lowest BCUT2D eigenvalue weighted by Gasteiger charge is -2.29. The van der Waals surface area contributed by atoms with E-state index in [0.717, 1.165) is 32.1 Å². The number of nitrogens with zero attached hydrogens (tertiary/aromatic N) is 2. The van der Waals surface area contributed by atoms with Crippen molar-refractivity contribution in [1.29, 1.82) is 0 Å². The van der Waals surface area contributed by atoms with Crippen LogP contribution in [0.5, 0.6) is 0 Å². The van der Waals surface area contributed by atoms with Gasteiger partial charge in [-0.05, 0) is 42.7 Å². The number of furan rings is 1. The van der Waals surface area contributed by atoms with E-state index in [1.807, 2.05) is 6.07 Å². The number of rotatable bonds is 6. The summed E-state index contributed by atoms with van der Waals surface area (Å²) in [6, 6.07) is 9.30. The lowest BCUT2D eigenvalue weighted by molar-refractivity contribution is -0.384. The van der Waals surface area contributed by atoms with Gasteiger partial charge in [0.1, 0.15) is 5.76 Å². The standard InChI is InChI=1S/C21H20N2O5S/c24-20-18(14-8-10-16(11-9-14)23(26)27)19(29-13-17-7-4-12-28-17)21(25)22(20)15-5-2-1-3-6-15/h4,7-12,15H,1-3,5-6,13H2. The Hall–Kier alpha value is -2.87. The quantitative estimate of drug-likeness (QED) is 0.393. The van der Waals surface area contributed by atoms with Gasteiger partial charge >= 0.3 is 0 Å². The third-order valence-corrected chi connectivity index (χ3v) is 6.41. The van der Waals surface area contributed by atoms with Crippen LogP contribution in [0.1, 0.15) is 43.4 Å². The van der Waals surface area contributed by atoms with Gasteiger partial charge in [0.15, 0.2) is 0 Å². The van der Waals surface area contributed by atoms with Crippen molar-refractivity contribution in [3.8, 4) is 0 Å². The molecule has 1 saturated carbocycles. The third kappa shape index (κ3) is 3.85. The molecule has 0 unspecified atom stereocenters. The first-order chi connectivity index (χ1) is 14.1. The SMILES string of the molecule is O=C1C(SCc2ccco2)=C(c2ccc([N+](=O)[O-])cc2)C(=O)N1C1CCCCC1. The summed E-state index contributed by atoms with van der Waals surface area (Å²) in [5.41, 5.74) is 0.793. The first kappa shape index (κ1) is 19.4. The molecule has 4 rings (SSSR count). The summed E-state index contributed by atoms with van der Waals surface area (Å²) in [5.74, 6) is 0.558. The Morgan fingerprint density at radius 1 is 1.07 bits per heavy atom. The van der Waals surface area contributed by atoms with Crippen molar-refractivity contribution in [3.05, 3.63) is 69.0 Å². The molecule has 7 nitrogen and oxygen atoms in total. The van der Waals surface area contributed by atoms with Gasteiger partial charge in [-0.1, -0.05) is 19.3 Å². The Bertz CT molecular complexity index is 959. The lowest BCUT2D eigenvalue weighted by Crippen LogP contribution is -2.42. The monoisotopic (exact) mass is 412 g/mol. The van der Waals surface area contributed by atoms with Gasteiger partial charge in [0.25, 0.3) is 17.5 Å². The van der Waals surface area contributed by atoms with Crippen LogP contribution >= 0.6 is 11.8 Å². The van der Waals surface area contributed by atoms with Gasteiger partial charge in [0.2, 0.25) is 0 Å². The average molecular weight is 412 g/mol. The number of imide groups is 1. The molecule has 1 aliphatic carbocycles. The Morgan fingerprint density at radius 2 is 1.79 bits per heavy atom. The normalized spacial score (nSPS) is 18.0. The number of hydrogen-bond donors (Lipinski definition) is 0. The maximum atomic E-state index is 13.3. The molecule has 8 heteroatoms. The van der Waals surface area contributed by atoms with E-state index in [2.05, 4.69) is 0 Å². The molecule has 2 amide bonds. The van der Waals surface area contributed by atoms with Crippen molar-refractivity contribution >= 4 is 34.8 Å². The summed E-state index contributed by atoms with van der Waals surface area (Å²) in [5, 5.41) is 11.0. The lowest BCUT2D eigenvalue weighted by atomic mass is 9.94. The Kier molecular flexibility index (Phi) is 5.53. The van der Waals surface area contributed by atoms with Crippen molar-refractivity contribution in [1.82, 2.24) is 4.90 Å². The molecule has 2 heterocycles. The number of hydrogen-bond acceptors (Lipinski definition) is 6. The van der Waals surface area contributed by atoms with Gasteiger partial charge < -0.3 is 4.42 Å². The van der Waals surface area contributed by atoms with Gasteiger partial charge in [0.05, 0.1) is 27.4 Å². The van der Waals surface area contributed by atoms with Crippen molar-refractivity contribution in [2.45, 2.75) is 43.9 Å². The number of nitro benzene ring substituents is 1. The zero-order valence-corrected chi connectivity index (χ0v) is 16.5. The van der Waals surface area contributed by atoms with Crippen LogP contribution in [0, 0.1) is 10.1 Å². The molecule has 0 atom stereocenters. The number of amides is 2. The van der Waals surface area contributed by atoms with Crippen LogP contribution in [-0.2, 0) is 15.3 Å². The molecular formula is C21H20N2O5S. The minimum atomic E-state index is -0.485. The first-order valence-corrected chi connectivity index (χ1v) is 10.6. The van der Waals surface area contributed by atoms with E-state index in [9.17, 15) is 19.7 Å². The number of carbonyl (C=O) groups excluding carboxylic acids is 2. The summed E-state index contributed by atoms with van der Waals surface area (Å²) in [4.78, 5) is 38.8. The summed E-state index contributed by atoms with van der Waals surface area (Å²) in [6.07, 6.45) is 6.34. The second kappa shape index (κ2) is 8.24. The highest BCUT2D eigenvalue weighted by Gasteiger charge is 2.43. The zero-order valence-electron chi connectivity index (χ0n) is 15.7. The van der Waals surface area contributed by atoms with Crippen molar-refractivity contribution in [2.75, 3.05) is 0 Å². The molecule has 0 bridgehead atoms. The van der Waals surface area contributed by atoms with Crippen LogP contribution in [0.15, 0.2) is 52.0 Å². The average Bonchev–Trinajstić information content (AvgIpc) is 3.33. The fraction of sp³-hybridized carbons (Fsp3) is 0.333. The summed E-state index contributed by atoms with van der Waals surface area (Å²) in [7, 11) is 0. The van der Waals surface area contributed by atoms with Crippen LogP contribution in [-0.4, -0.2) is 27.7 Å². The van der Waals surface area contributed by atoms with E-state index in [0.29, 0.717) is 27.6 Å². The summed E-state index contributed by atoms with van der Waals surface area (Å²) >= 11 is 1.27. The fourth-order valence-corrected chi connectivity index (χ4v) is 4.90. The van der Waals surface area contributed by atoms with Crippen molar-refractivity contribution in [2.24, 2.45) is 0 Å². The number of carbonyl (C=O) groups is 2. The molecule has 0 saturated heterocycles. The second-order valence-corrected chi connectivity index (χ2v) is 8.13. The summed E-state index contributed by atoms with van der Waals surface area (Å²) < 4.78 is 5.35. The van der Waals surface area contributed by atoms with Gasteiger partial charge in [-0.3, -0.25) is 24.6 Å². The predicted molar refractivity (Wildman–Crippen MR) is 109 cm³/mol. The molecule has 1 aromatic heterocycles. The Balaban J connectivity index is 1.68. The highest BCUT2D eigenvalue weighted by Crippen LogP contribution is 2.40. The highest BCUT2D eigenvalue weighted by molar-refractivity contribution is 8.03. The molecule has 0 spiro atoms. The van der Waals surface area contributed by atoms with E-state index in [1.165, 1.54) is 40.9 Å². The molecule has 2 aliphatic rings. The van der Waals surface area contributed by atoms with E-state index in [1.54, 1.807) is 12.3 Å². The van der Waals surface area contributed by atoms with Gasteiger partial charge in [-0.15, -0.1) is 11.8 Å². The van der Waals surface area contributed by atoms with Gasteiger partial charge in [0, 0.05) is 18.2 Å². The topological polar surface area (TPSA) is 93.7 Å². The molecule has 1 aromatic carbocycles. The molecule has 0 N–H and O–H groups in total. The van der Waals surface area contributed by atoms with E-state index < -0.39 is 4.92 Å². The molecule has 150 valence electrons. The first-order valence-electron chi connectivity index (χ1n) is 9.58. The molecular weight excluding hydrogens is 392 g/mol. The third-order valence-electron chi connectivity index (χ3n) is 5.32. The van der Waals surface area contributed by atoms with E-state index in [-0.39, 0.29) is 23.5 Å². The van der Waals surface area contributed by atoms with Crippen LogP contribution in [0.3, 0.4) is 0 Å². The number of benzene rings is 1. The van der Waals surface area contributed by atoms with E-state index in [4.69, 9.17) is 4.42 Å². The van der Waals surface area contributed by atoms with Crippen molar-refractivity contribution in [3.63, 3.8) is 0 Å². The number of thioether (sulfide) groups is 1. The second-order valence-electron chi connectivity index (χ2n) is 7.15. The largest absolute Gasteiger partial charge is 0.468 e. The zero-order chi connectivity index (χ0) is 20.4. The summed E-state index contributed by atoms with van der Waals surface area (Å²) in [6.45, 7) is 0. The molecule has 1 aliphatic heterocycles. The smallest absolute Gasteiger partial charge is 0.269 e. The molecule has 2 aromatic rings. The molecule has 0 radical (unpaired) electrons. The van der Waals surface area contributed by atoms with Gasteiger partial charge in [-0.25, -0.2) is 0 Å². The fourth-order valence-electron chi connectivity index (χ4n) is 3.87. The van der Waals surface area contributed by atoms with Crippen molar-refractivity contribution < 1.29 is 18.9 Å². The maximum Gasteiger partial charge on any atom is 0.269 e. The van der Waals surface area contributed by atoms with Crippen LogP contribution in [0.2, 0.25) is 0 Å². The predicted octanol–water partition coefficient (Wildman–Crippen LogP) is 4.53. The van der Waals surface area contributed by atoms with Crippen LogP contribution < -0.4 is 0 Å². The number of nitro groups is 1. The van der Waals surface area contributed by atoms with Crippen LogP contribution in [0.25, 0.3) is 5.57 Å². The Labute approximate surface area is 171 Å². The minimum absolute atomic E-state index is 0.0555.